The molecule has 0 aliphatic carbocycles. The molecule has 0 atom stereocenters. The van der Waals surface area contributed by atoms with Crippen molar-refractivity contribution in [1.82, 2.24) is 4.98 Å². The second-order valence-corrected chi connectivity index (χ2v) is 4.25. The van der Waals surface area contributed by atoms with Gasteiger partial charge in [-0.25, -0.2) is 4.98 Å². The van der Waals surface area contributed by atoms with Gasteiger partial charge in [0.15, 0.2) is 0 Å². The van der Waals surface area contributed by atoms with E-state index in [1.54, 1.807) is 11.3 Å². The van der Waals surface area contributed by atoms with Crippen molar-refractivity contribution in [2.24, 2.45) is 0 Å². The van der Waals surface area contributed by atoms with Crippen molar-refractivity contribution < 1.29 is 0 Å². The lowest BCUT2D eigenvalue weighted by molar-refractivity contribution is 1.32. The van der Waals surface area contributed by atoms with Gasteiger partial charge in [-0.1, -0.05) is 11.6 Å². The highest BCUT2D eigenvalue weighted by Gasteiger charge is 2.01. The Bertz CT molecular complexity index is 410. The molecule has 0 fully saturated rings. The summed E-state index contributed by atoms with van der Waals surface area (Å²) in [6.45, 7) is 0. The average Bonchev–Trinajstić information content (AvgIpc) is 2.46. The van der Waals surface area contributed by atoms with Gasteiger partial charge in [-0.3, -0.25) is 0 Å². The van der Waals surface area contributed by atoms with Gasteiger partial charge in [-0.2, -0.15) is 12.6 Å². The predicted molar refractivity (Wildman–Crippen MR) is 57.3 cm³/mol. The molecule has 2 aromatic rings. The summed E-state index contributed by atoms with van der Waals surface area (Å²) < 4.78 is 1.17. The van der Waals surface area contributed by atoms with Crippen LogP contribution in [0.25, 0.3) is 10.2 Å². The lowest BCUT2D eigenvalue weighted by Crippen LogP contribution is -1.71. The third-order valence-electron chi connectivity index (χ3n) is 1.53. The number of rotatable bonds is 1. The van der Waals surface area contributed by atoms with Crippen molar-refractivity contribution in [3.63, 3.8) is 0 Å². The van der Waals surface area contributed by atoms with E-state index in [2.05, 4.69) is 17.6 Å². The summed E-state index contributed by atoms with van der Waals surface area (Å²) in [5.74, 6) is 0.691. The highest BCUT2D eigenvalue weighted by atomic mass is 35.5. The standard InChI is InChI=1S/C8H6ClNS2/c9-5-1-2-7-6(3-5)10-8(4-11)12-7/h1-3,11H,4H2. The first-order chi connectivity index (χ1) is 5.79. The Hall–Kier alpha value is -0.250. The third kappa shape index (κ3) is 1.44. The quantitative estimate of drug-likeness (QED) is 0.720. The van der Waals surface area contributed by atoms with Crippen LogP contribution in [-0.4, -0.2) is 4.98 Å². The molecule has 4 heteroatoms. The van der Waals surface area contributed by atoms with E-state index in [-0.39, 0.29) is 0 Å². The summed E-state index contributed by atoms with van der Waals surface area (Å²) in [6, 6.07) is 5.74. The van der Waals surface area contributed by atoms with Gasteiger partial charge < -0.3 is 0 Å². The van der Waals surface area contributed by atoms with Gasteiger partial charge in [0.1, 0.15) is 5.01 Å². The second kappa shape index (κ2) is 3.24. The normalized spacial score (nSPS) is 10.8. The largest absolute Gasteiger partial charge is 0.240 e. The van der Waals surface area contributed by atoms with Crippen molar-refractivity contribution in [3.05, 3.63) is 28.2 Å². The summed E-state index contributed by atoms with van der Waals surface area (Å²) in [5, 5.41) is 1.77. The van der Waals surface area contributed by atoms with Crippen molar-refractivity contribution in [2.75, 3.05) is 0 Å². The number of hydrogen-bond acceptors (Lipinski definition) is 3. The van der Waals surface area contributed by atoms with E-state index in [1.165, 1.54) is 4.70 Å². The molecule has 1 heterocycles. The van der Waals surface area contributed by atoms with Crippen LogP contribution in [0.4, 0.5) is 0 Å². The van der Waals surface area contributed by atoms with E-state index in [4.69, 9.17) is 11.6 Å². The molecule has 0 N–H and O–H groups in total. The molecule has 0 unspecified atom stereocenters. The van der Waals surface area contributed by atoms with Crippen LogP contribution in [0.5, 0.6) is 0 Å². The van der Waals surface area contributed by atoms with E-state index < -0.39 is 0 Å². The van der Waals surface area contributed by atoms with Gasteiger partial charge in [0.05, 0.1) is 10.2 Å². The number of hydrogen-bond donors (Lipinski definition) is 1. The molecule has 1 nitrogen and oxygen atoms in total. The molecule has 1 aromatic carbocycles. The first kappa shape index (κ1) is 8.35. The molecule has 0 saturated carbocycles. The third-order valence-corrected chi connectivity index (χ3v) is 3.31. The van der Waals surface area contributed by atoms with Crippen LogP contribution >= 0.6 is 35.6 Å². The Morgan fingerprint density at radius 3 is 3.08 bits per heavy atom. The van der Waals surface area contributed by atoms with Crippen LogP contribution in [0.1, 0.15) is 5.01 Å². The summed E-state index contributed by atoms with van der Waals surface area (Å²) in [4.78, 5) is 4.35. The number of fused-ring (bicyclic) bond motifs is 1. The Kier molecular flexibility index (Phi) is 2.26. The Labute approximate surface area is 84.8 Å². The number of aromatic nitrogens is 1. The number of thiazole rings is 1. The topological polar surface area (TPSA) is 12.9 Å². The molecule has 0 spiro atoms. The maximum Gasteiger partial charge on any atom is 0.103 e. The molecule has 0 aliphatic heterocycles. The number of nitrogens with zero attached hydrogens (tertiary/aromatic N) is 1. The molecule has 1 aromatic heterocycles. The Balaban J connectivity index is 2.67. The van der Waals surface area contributed by atoms with Crippen LogP contribution in [0.2, 0.25) is 5.02 Å². The van der Waals surface area contributed by atoms with Crippen molar-refractivity contribution in [1.29, 1.82) is 0 Å². The molecule has 0 amide bonds. The molecule has 0 aliphatic rings. The number of halogens is 1. The zero-order valence-corrected chi connectivity index (χ0v) is 8.59. The molecule has 0 radical (unpaired) electrons. The first-order valence-electron chi connectivity index (χ1n) is 3.45. The van der Waals surface area contributed by atoms with Crippen molar-refractivity contribution in [3.8, 4) is 0 Å². The van der Waals surface area contributed by atoms with Crippen LogP contribution in [0.3, 0.4) is 0 Å². The highest BCUT2D eigenvalue weighted by molar-refractivity contribution is 7.79. The molecular formula is C8H6ClNS2. The van der Waals surface area contributed by atoms with Crippen molar-refractivity contribution >= 4 is 45.8 Å². The van der Waals surface area contributed by atoms with Crippen LogP contribution in [-0.2, 0) is 5.75 Å². The average molecular weight is 216 g/mol. The fourth-order valence-electron chi connectivity index (χ4n) is 1.02. The number of benzene rings is 1. The Morgan fingerprint density at radius 2 is 2.33 bits per heavy atom. The lowest BCUT2D eigenvalue weighted by Gasteiger charge is -1.86. The molecule has 2 rings (SSSR count). The van der Waals surface area contributed by atoms with Crippen LogP contribution < -0.4 is 0 Å². The van der Waals surface area contributed by atoms with Crippen LogP contribution in [0, 0.1) is 0 Å². The van der Waals surface area contributed by atoms with E-state index in [0.717, 1.165) is 15.5 Å². The summed E-state index contributed by atoms with van der Waals surface area (Å²) >= 11 is 11.6. The second-order valence-electron chi connectivity index (χ2n) is 2.38. The maximum absolute atomic E-state index is 5.82. The minimum Gasteiger partial charge on any atom is -0.240 e. The summed E-state index contributed by atoms with van der Waals surface area (Å²) in [5.41, 5.74) is 0.969. The van der Waals surface area contributed by atoms with Crippen molar-refractivity contribution in [2.45, 2.75) is 5.75 Å². The van der Waals surface area contributed by atoms with Gasteiger partial charge in [0.2, 0.25) is 0 Å². The molecule has 12 heavy (non-hydrogen) atoms. The zero-order chi connectivity index (χ0) is 8.55. The minimum absolute atomic E-state index is 0.691. The monoisotopic (exact) mass is 215 g/mol. The van der Waals surface area contributed by atoms with E-state index in [1.807, 2.05) is 18.2 Å². The SMILES string of the molecule is SCc1nc2cc(Cl)ccc2s1. The fourth-order valence-corrected chi connectivity index (χ4v) is 2.25. The highest BCUT2D eigenvalue weighted by Crippen LogP contribution is 2.25. The smallest absolute Gasteiger partial charge is 0.103 e. The minimum atomic E-state index is 0.691. The maximum atomic E-state index is 5.82. The summed E-state index contributed by atoms with van der Waals surface area (Å²) in [6.07, 6.45) is 0. The molecule has 0 saturated heterocycles. The number of thiol groups is 1. The lowest BCUT2D eigenvalue weighted by atomic mass is 10.3. The fraction of sp³-hybridized carbons (Fsp3) is 0.125. The van der Waals surface area contributed by atoms with Gasteiger partial charge >= 0.3 is 0 Å². The molecule has 62 valence electrons. The van der Waals surface area contributed by atoms with E-state index >= 15 is 0 Å². The molecule has 0 bridgehead atoms. The molecular weight excluding hydrogens is 210 g/mol. The zero-order valence-electron chi connectivity index (χ0n) is 6.12. The van der Waals surface area contributed by atoms with Gasteiger partial charge in [-0.05, 0) is 18.2 Å². The van der Waals surface area contributed by atoms with Gasteiger partial charge in [0.25, 0.3) is 0 Å². The first-order valence-corrected chi connectivity index (χ1v) is 5.28. The van der Waals surface area contributed by atoms with E-state index in [0.29, 0.717) is 5.75 Å². The van der Waals surface area contributed by atoms with Gasteiger partial charge in [-0.15, -0.1) is 11.3 Å². The van der Waals surface area contributed by atoms with Crippen LogP contribution in [0.15, 0.2) is 18.2 Å². The van der Waals surface area contributed by atoms with Gasteiger partial charge in [0, 0.05) is 10.8 Å². The predicted octanol–water partition coefficient (Wildman–Crippen LogP) is 3.38. The summed E-state index contributed by atoms with van der Waals surface area (Å²) in [7, 11) is 0. The Morgan fingerprint density at radius 1 is 1.50 bits per heavy atom. The van der Waals surface area contributed by atoms with E-state index in [9.17, 15) is 0 Å².